The summed E-state index contributed by atoms with van der Waals surface area (Å²) in [6, 6.07) is 15.6. The van der Waals surface area contributed by atoms with Crippen molar-refractivity contribution in [1.29, 1.82) is 0 Å². The van der Waals surface area contributed by atoms with E-state index >= 15 is 0 Å². The van der Waals surface area contributed by atoms with Crippen molar-refractivity contribution < 1.29 is 19.4 Å². The summed E-state index contributed by atoms with van der Waals surface area (Å²) in [5.74, 6) is 1.40. The molecule has 0 unspecified atom stereocenters. The molecule has 28 heavy (non-hydrogen) atoms. The van der Waals surface area contributed by atoms with E-state index in [4.69, 9.17) is 9.47 Å². The molecule has 3 rings (SSSR count). The molecule has 0 radical (unpaired) electrons. The number of rotatable bonds is 9. The molecule has 2 aromatic carbocycles. The number of benzene rings is 2. The Bertz CT molecular complexity index is 931. The van der Waals surface area contributed by atoms with E-state index in [2.05, 4.69) is 20.6 Å². The SMILES string of the molecule is COc1ccc(OCCNc2nccc(Nc3ccccc3C(=O)O)n2)cc1. The Morgan fingerprint density at radius 2 is 1.82 bits per heavy atom. The van der Waals surface area contributed by atoms with Crippen LogP contribution >= 0.6 is 0 Å². The second kappa shape index (κ2) is 9.22. The monoisotopic (exact) mass is 380 g/mol. The quantitative estimate of drug-likeness (QED) is 0.485. The summed E-state index contributed by atoms with van der Waals surface area (Å²) in [6.45, 7) is 0.927. The van der Waals surface area contributed by atoms with E-state index in [-0.39, 0.29) is 5.56 Å². The Labute approximate surface area is 162 Å². The first-order valence-electron chi connectivity index (χ1n) is 8.59. The lowest BCUT2D eigenvalue weighted by atomic mass is 10.2. The van der Waals surface area contributed by atoms with Crippen molar-refractivity contribution in [3.63, 3.8) is 0 Å². The molecule has 8 nitrogen and oxygen atoms in total. The van der Waals surface area contributed by atoms with E-state index in [0.29, 0.717) is 30.6 Å². The van der Waals surface area contributed by atoms with Crippen molar-refractivity contribution in [2.45, 2.75) is 0 Å². The minimum atomic E-state index is -1.01. The maximum absolute atomic E-state index is 11.3. The fraction of sp³-hybridized carbons (Fsp3) is 0.150. The molecule has 0 fully saturated rings. The predicted molar refractivity (Wildman–Crippen MR) is 106 cm³/mol. The molecule has 144 valence electrons. The van der Waals surface area contributed by atoms with Crippen molar-refractivity contribution in [1.82, 2.24) is 9.97 Å². The van der Waals surface area contributed by atoms with Gasteiger partial charge in [-0.25, -0.2) is 9.78 Å². The molecule has 0 aliphatic heterocycles. The highest BCUT2D eigenvalue weighted by atomic mass is 16.5. The number of ether oxygens (including phenoxy) is 2. The standard InChI is InChI=1S/C20H20N4O4/c1-27-14-6-8-15(9-7-14)28-13-12-22-20-21-11-10-18(24-20)23-17-5-3-2-4-16(17)19(25)26/h2-11H,12-13H2,1H3,(H,25,26)(H2,21,22,23,24). The van der Waals surface area contributed by atoms with Crippen LogP contribution in [0.1, 0.15) is 10.4 Å². The third-order valence-corrected chi connectivity index (χ3v) is 3.79. The molecule has 0 atom stereocenters. The van der Waals surface area contributed by atoms with Crippen molar-refractivity contribution in [3.05, 3.63) is 66.4 Å². The molecule has 1 heterocycles. The largest absolute Gasteiger partial charge is 0.497 e. The number of methoxy groups -OCH3 is 1. The minimum Gasteiger partial charge on any atom is -0.497 e. The second-order valence-corrected chi connectivity index (χ2v) is 5.69. The number of carboxylic acid groups (broad SMARTS) is 1. The molecule has 0 amide bonds. The molecule has 1 aromatic heterocycles. The van der Waals surface area contributed by atoms with Crippen LogP contribution in [0.15, 0.2) is 60.8 Å². The summed E-state index contributed by atoms with van der Waals surface area (Å²) < 4.78 is 10.7. The van der Waals surface area contributed by atoms with Crippen LogP contribution in [0.4, 0.5) is 17.5 Å². The number of anilines is 3. The summed E-state index contributed by atoms with van der Waals surface area (Å²) >= 11 is 0. The Morgan fingerprint density at radius 1 is 1.07 bits per heavy atom. The fourth-order valence-electron chi connectivity index (χ4n) is 2.43. The zero-order valence-corrected chi connectivity index (χ0v) is 15.3. The molecule has 8 heteroatoms. The van der Waals surface area contributed by atoms with Crippen LogP contribution < -0.4 is 20.1 Å². The van der Waals surface area contributed by atoms with Gasteiger partial charge in [-0.2, -0.15) is 4.98 Å². The summed E-state index contributed by atoms with van der Waals surface area (Å²) in [6.07, 6.45) is 1.59. The normalized spacial score (nSPS) is 10.2. The third-order valence-electron chi connectivity index (χ3n) is 3.79. The van der Waals surface area contributed by atoms with Crippen molar-refractivity contribution >= 4 is 23.4 Å². The number of carboxylic acids is 1. The van der Waals surface area contributed by atoms with Gasteiger partial charge in [0.25, 0.3) is 0 Å². The molecule has 3 aromatic rings. The lowest BCUT2D eigenvalue weighted by Crippen LogP contribution is -2.13. The van der Waals surface area contributed by atoms with Gasteiger partial charge in [0.05, 0.1) is 24.9 Å². The molecule has 0 aliphatic carbocycles. The highest BCUT2D eigenvalue weighted by molar-refractivity contribution is 5.94. The first-order chi connectivity index (χ1) is 13.7. The van der Waals surface area contributed by atoms with Crippen LogP contribution in [0.2, 0.25) is 0 Å². The van der Waals surface area contributed by atoms with Crippen molar-refractivity contribution in [2.75, 3.05) is 30.9 Å². The molecule has 0 saturated carbocycles. The number of para-hydroxylation sites is 1. The molecular weight excluding hydrogens is 360 g/mol. The maximum atomic E-state index is 11.3. The summed E-state index contributed by atoms with van der Waals surface area (Å²) in [5, 5.41) is 15.3. The number of hydrogen-bond donors (Lipinski definition) is 3. The molecule has 0 aliphatic rings. The van der Waals surface area contributed by atoms with Gasteiger partial charge >= 0.3 is 5.97 Å². The summed E-state index contributed by atoms with van der Waals surface area (Å²) in [4.78, 5) is 19.8. The maximum Gasteiger partial charge on any atom is 0.337 e. The Hall–Kier alpha value is -3.81. The van der Waals surface area contributed by atoms with Crippen LogP contribution in [0.25, 0.3) is 0 Å². The average Bonchev–Trinajstić information content (AvgIpc) is 2.72. The lowest BCUT2D eigenvalue weighted by molar-refractivity contribution is 0.0698. The molecule has 0 spiro atoms. The molecule has 0 saturated heterocycles. The lowest BCUT2D eigenvalue weighted by Gasteiger charge is -2.11. The van der Waals surface area contributed by atoms with Crippen molar-refractivity contribution in [3.8, 4) is 11.5 Å². The number of nitrogens with zero attached hydrogens (tertiary/aromatic N) is 2. The third kappa shape index (κ3) is 5.10. The number of aromatic nitrogens is 2. The van der Waals surface area contributed by atoms with Gasteiger partial charge in [-0.05, 0) is 42.5 Å². The number of hydrogen-bond acceptors (Lipinski definition) is 7. The van der Waals surface area contributed by atoms with Gasteiger partial charge in [0.15, 0.2) is 0 Å². The molecule has 0 bridgehead atoms. The van der Waals surface area contributed by atoms with Gasteiger partial charge in [0.2, 0.25) is 5.95 Å². The van der Waals surface area contributed by atoms with Crippen LogP contribution in [0.5, 0.6) is 11.5 Å². The number of nitrogens with one attached hydrogen (secondary N) is 2. The topological polar surface area (TPSA) is 106 Å². The molecular formula is C20H20N4O4. The van der Waals surface area contributed by atoms with Crippen LogP contribution in [0.3, 0.4) is 0 Å². The summed E-state index contributed by atoms with van der Waals surface area (Å²) in [7, 11) is 1.61. The van der Waals surface area contributed by atoms with E-state index in [9.17, 15) is 9.90 Å². The highest BCUT2D eigenvalue weighted by Gasteiger charge is 2.09. The Kier molecular flexibility index (Phi) is 6.25. The highest BCUT2D eigenvalue weighted by Crippen LogP contribution is 2.20. The molecule has 3 N–H and O–H groups in total. The number of carbonyl (C=O) groups is 1. The van der Waals surface area contributed by atoms with E-state index in [1.54, 1.807) is 37.6 Å². The average molecular weight is 380 g/mol. The van der Waals surface area contributed by atoms with Gasteiger partial charge in [-0.1, -0.05) is 12.1 Å². The van der Waals surface area contributed by atoms with E-state index < -0.39 is 5.97 Å². The second-order valence-electron chi connectivity index (χ2n) is 5.69. The zero-order valence-electron chi connectivity index (χ0n) is 15.3. The zero-order chi connectivity index (χ0) is 19.8. The Balaban J connectivity index is 1.54. The Morgan fingerprint density at radius 3 is 2.57 bits per heavy atom. The van der Waals surface area contributed by atoms with Crippen LogP contribution in [-0.2, 0) is 0 Å². The van der Waals surface area contributed by atoms with E-state index in [1.165, 1.54) is 6.07 Å². The minimum absolute atomic E-state index is 0.170. The fourth-order valence-corrected chi connectivity index (χ4v) is 2.43. The van der Waals surface area contributed by atoms with Crippen molar-refractivity contribution in [2.24, 2.45) is 0 Å². The van der Waals surface area contributed by atoms with Crippen LogP contribution in [-0.4, -0.2) is 41.3 Å². The first-order valence-corrected chi connectivity index (χ1v) is 8.59. The van der Waals surface area contributed by atoms with E-state index in [1.807, 2.05) is 24.3 Å². The van der Waals surface area contributed by atoms with Gasteiger partial charge < -0.3 is 25.2 Å². The number of aromatic carboxylic acids is 1. The van der Waals surface area contributed by atoms with Gasteiger partial charge in [-0.3, -0.25) is 0 Å². The van der Waals surface area contributed by atoms with Gasteiger partial charge in [0.1, 0.15) is 23.9 Å². The smallest absolute Gasteiger partial charge is 0.337 e. The first kappa shape index (κ1) is 19.0. The van der Waals surface area contributed by atoms with Gasteiger partial charge in [0, 0.05) is 6.20 Å². The predicted octanol–water partition coefficient (Wildman–Crippen LogP) is 3.42. The van der Waals surface area contributed by atoms with Crippen LogP contribution in [0, 0.1) is 0 Å². The summed E-state index contributed by atoms with van der Waals surface area (Å²) in [5.41, 5.74) is 0.631. The van der Waals surface area contributed by atoms with E-state index in [0.717, 1.165) is 11.5 Å². The van der Waals surface area contributed by atoms with Gasteiger partial charge in [-0.15, -0.1) is 0 Å².